The predicted octanol–water partition coefficient (Wildman–Crippen LogP) is 2.52. The number of methoxy groups -OCH3 is 1. The van der Waals surface area contributed by atoms with Crippen molar-refractivity contribution >= 4 is 11.6 Å². The van der Waals surface area contributed by atoms with Crippen molar-refractivity contribution in [3.63, 3.8) is 0 Å². The lowest BCUT2D eigenvalue weighted by molar-refractivity contribution is 0.102. The van der Waals surface area contributed by atoms with Crippen molar-refractivity contribution in [1.29, 1.82) is 5.26 Å². The molecule has 0 fully saturated rings. The molecule has 5 heteroatoms. The first-order valence-corrected chi connectivity index (χ1v) is 5.82. The number of rotatable bonds is 3. The fourth-order valence-electron chi connectivity index (χ4n) is 1.70. The number of ether oxygens (including phenoxy) is 1. The monoisotopic (exact) mass is 268 g/mol. The van der Waals surface area contributed by atoms with Gasteiger partial charge in [0.15, 0.2) is 0 Å². The zero-order valence-electron chi connectivity index (χ0n) is 10.8. The van der Waals surface area contributed by atoms with E-state index in [1.165, 1.54) is 19.2 Å². The van der Waals surface area contributed by atoms with Gasteiger partial charge in [0.25, 0.3) is 5.91 Å². The van der Waals surface area contributed by atoms with Crippen molar-refractivity contribution in [1.82, 2.24) is 0 Å². The van der Waals surface area contributed by atoms with Gasteiger partial charge in [0.1, 0.15) is 11.5 Å². The van der Waals surface area contributed by atoms with Crippen molar-refractivity contribution in [2.24, 2.45) is 0 Å². The Labute approximate surface area is 116 Å². The maximum atomic E-state index is 12.0. The number of carbonyl (C=O) groups excluding carboxylic acids is 1. The van der Waals surface area contributed by atoms with Crippen LogP contribution in [-0.2, 0) is 0 Å². The normalized spacial score (nSPS) is 9.60. The molecule has 0 unspecified atom stereocenters. The summed E-state index contributed by atoms with van der Waals surface area (Å²) >= 11 is 0. The van der Waals surface area contributed by atoms with Crippen LogP contribution in [0.5, 0.6) is 11.5 Å². The molecule has 2 N–H and O–H groups in total. The molecule has 0 radical (unpaired) electrons. The Hall–Kier alpha value is -3.00. The summed E-state index contributed by atoms with van der Waals surface area (Å²) in [5.74, 6) is -0.163. The number of hydrogen-bond donors (Lipinski definition) is 2. The summed E-state index contributed by atoms with van der Waals surface area (Å²) in [6.07, 6.45) is 0. The van der Waals surface area contributed by atoms with Gasteiger partial charge < -0.3 is 15.2 Å². The highest BCUT2D eigenvalue weighted by Gasteiger charge is 2.12. The molecule has 100 valence electrons. The quantitative estimate of drug-likeness (QED) is 0.896. The first kappa shape index (κ1) is 13.4. The zero-order chi connectivity index (χ0) is 14.5. The summed E-state index contributed by atoms with van der Waals surface area (Å²) in [5.41, 5.74) is 1.07. The van der Waals surface area contributed by atoms with Crippen molar-refractivity contribution in [3.05, 3.63) is 53.6 Å². The number of phenols is 1. The molecule has 5 nitrogen and oxygen atoms in total. The number of phenolic OH excluding ortho intramolecular Hbond substituents is 1. The van der Waals surface area contributed by atoms with Crippen LogP contribution in [-0.4, -0.2) is 18.1 Å². The van der Waals surface area contributed by atoms with Crippen molar-refractivity contribution in [2.45, 2.75) is 0 Å². The molecule has 2 aromatic carbocycles. The highest BCUT2D eigenvalue weighted by molar-refractivity contribution is 6.06. The SMILES string of the molecule is COc1ccc(C(=O)Nc2cccc(C#N)c2)c(O)c1. The number of aromatic hydroxyl groups is 1. The van der Waals surface area contributed by atoms with Crippen LogP contribution in [0.1, 0.15) is 15.9 Å². The molecule has 0 saturated carbocycles. The number of anilines is 1. The van der Waals surface area contributed by atoms with Gasteiger partial charge in [-0.2, -0.15) is 5.26 Å². The van der Waals surface area contributed by atoms with E-state index in [2.05, 4.69) is 5.32 Å². The molecular formula is C15H12N2O3. The second-order valence-corrected chi connectivity index (χ2v) is 4.03. The van der Waals surface area contributed by atoms with E-state index >= 15 is 0 Å². The van der Waals surface area contributed by atoms with E-state index in [0.717, 1.165) is 0 Å². The Balaban J connectivity index is 2.22. The molecule has 0 aliphatic rings. The molecule has 0 aliphatic carbocycles. The Morgan fingerprint density at radius 2 is 2.10 bits per heavy atom. The molecule has 0 aromatic heterocycles. The molecular weight excluding hydrogens is 256 g/mol. The second-order valence-electron chi connectivity index (χ2n) is 4.03. The zero-order valence-corrected chi connectivity index (χ0v) is 10.8. The number of hydrogen-bond acceptors (Lipinski definition) is 4. The van der Waals surface area contributed by atoms with Gasteiger partial charge in [-0.05, 0) is 30.3 Å². The van der Waals surface area contributed by atoms with E-state index in [4.69, 9.17) is 10.00 Å². The number of nitrogens with one attached hydrogen (secondary N) is 1. The van der Waals surface area contributed by atoms with Crippen LogP contribution in [0.15, 0.2) is 42.5 Å². The Morgan fingerprint density at radius 1 is 1.30 bits per heavy atom. The summed E-state index contributed by atoms with van der Waals surface area (Å²) in [4.78, 5) is 12.0. The molecule has 0 aliphatic heterocycles. The molecule has 0 bridgehead atoms. The standard InChI is InChI=1S/C15H12N2O3/c1-20-12-5-6-13(14(18)8-12)15(19)17-11-4-2-3-10(7-11)9-16/h2-8,18H,1H3,(H,17,19). The van der Waals surface area contributed by atoms with E-state index in [9.17, 15) is 9.90 Å². The smallest absolute Gasteiger partial charge is 0.259 e. The Morgan fingerprint density at radius 3 is 2.75 bits per heavy atom. The third kappa shape index (κ3) is 2.87. The average molecular weight is 268 g/mol. The molecule has 0 spiro atoms. The van der Waals surface area contributed by atoms with Gasteiger partial charge in [-0.15, -0.1) is 0 Å². The van der Waals surface area contributed by atoms with Gasteiger partial charge in [-0.25, -0.2) is 0 Å². The topological polar surface area (TPSA) is 82.3 Å². The number of nitrogens with zero attached hydrogens (tertiary/aromatic N) is 1. The maximum Gasteiger partial charge on any atom is 0.259 e. The molecule has 2 rings (SSSR count). The van der Waals surface area contributed by atoms with E-state index in [1.807, 2.05) is 6.07 Å². The van der Waals surface area contributed by atoms with Crippen LogP contribution in [0.3, 0.4) is 0 Å². The largest absolute Gasteiger partial charge is 0.507 e. The van der Waals surface area contributed by atoms with E-state index < -0.39 is 5.91 Å². The summed E-state index contributed by atoms with van der Waals surface area (Å²) in [6.45, 7) is 0. The van der Waals surface area contributed by atoms with E-state index in [-0.39, 0.29) is 11.3 Å². The maximum absolute atomic E-state index is 12.0. The molecule has 0 saturated heterocycles. The van der Waals surface area contributed by atoms with Crippen LogP contribution in [0.4, 0.5) is 5.69 Å². The fraction of sp³-hybridized carbons (Fsp3) is 0.0667. The number of nitriles is 1. The third-order valence-corrected chi connectivity index (χ3v) is 2.70. The first-order chi connectivity index (χ1) is 9.63. The molecule has 20 heavy (non-hydrogen) atoms. The van der Waals surface area contributed by atoms with Gasteiger partial charge in [0.2, 0.25) is 0 Å². The van der Waals surface area contributed by atoms with Gasteiger partial charge >= 0.3 is 0 Å². The molecule has 0 heterocycles. The second kappa shape index (κ2) is 5.76. The van der Waals surface area contributed by atoms with E-state index in [1.54, 1.807) is 30.3 Å². The summed E-state index contributed by atoms with van der Waals surface area (Å²) in [6, 6.07) is 12.9. The number of benzene rings is 2. The molecule has 1 amide bonds. The van der Waals surface area contributed by atoms with Gasteiger partial charge in [-0.3, -0.25) is 4.79 Å². The van der Waals surface area contributed by atoms with Crippen molar-refractivity contribution in [2.75, 3.05) is 12.4 Å². The van der Waals surface area contributed by atoms with Gasteiger partial charge in [-0.1, -0.05) is 6.07 Å². The number of carbonyl (C=O) groups is 1. The summed E-state index contributed by atoms with van der Waals surface area (Å²) in [7, 11) is 1.47. The van der Waals surface area contributed by atoms with Crippen LogP contribution < -0.4 is 10.1 Å². The van der Waals surface area contributed by atoms with Crippen LogP contribution in [0.2, 0.25) is 0 Å². The third-order valence-electron chi connectivity index (χ3n) is 2.70. The van der Waals surface area contributed by atoms with Crippen LogP contribution >= 0.6 is 0 Å². The lowest BCUT2D eigenvalue weighted by Crippen LogP contribution is -2.12. The van der Waals surface area contributed by atoms with E-state index in [0.29, 0.717) is 17.0 Å². The first-order valence-electron chi connectivity index (χ1n) is 5.82. The lowest BCUT2D eigenvalue weighted by Gasteiger charge is -2.08. The predicted molar refractivity (Wildman–Crippen MR) is 73.8 cm³/mol. The minimum Gasteiger partial charge on any atom is -0.507 e. The summed E-state index contributed by atoms with van der Waals surface area (Å²) in [5, 5.41) is 21.2. The summed E-state index contributed by atoms with van der Waals surface area (Å²) < 4.78 is 4.95. The van der Waals surface area contributed by atoms with Gasteiger partial charge in [0, 0.05) is 11.8 Å². The average Bonchev–Trinajstić information content (AvgIpc) is 2.47. The Bertz CT molecular complexity index is 690. The minimum absolute atomic E-state index is 0.133. The minimum atomic E-state index is -0.458. The van der Waals surface area contributed by atoms with Crippen LogP contribution in [0.25, 0.3) is 0 Å². The molecule has 2 aromatic rings. The molecule has 0 atom stereocenters. The van der Waals surface area contributed by atoms with Gasteiger partial charge in [0.05, 0.1) is 24.3 Å². The lowest BCUT2D eigenvalue weighted by atomic mass is 10.1. The fourth-order valence-corrected chi connectivity index (χ4v) is 1.70. The highest BCUT2D eigenvalue weighted by atomic mass is 16.5. The number of amides is 1. The van der Waals surface area contributed by atoms with Crippen molar-refractivity contribution in [3.8, 4) is 17.6 Å². The Kier molecular flexibility index (Phi) is 3.87. The highest BCUT2D eigenvalue weighted by Crippen LogP contribution is 2.24. The van der Waals surface area contributed by atoms with Crippen molar-refractivity contribution < 1.29 is 14.6 Å². The van der Waals surface area contributed by atoms with Crippen LogP contribution in [0, 0.1) is 11.3 Å².